The Kier molecular flexibility index (Phi) is 5.41. The highest BCUT2D eigenvalue weighted by Crippen LogP contribution is 2.19. The SMILES string of the molecule is Cc1cc(NC(=O)NCCc2ccccc2)n(-c2nc3c(c(=O)[nH]2)CCCC3)n1. The average molecular weight is 392 g/mol. The zero-order valence-electron chi connectivity index (χ0n) is 16.4. The van der Waals surface area contributed by atoms with Gasteiger partial charge in [-0.25, -0.2) is 9.78 Å². The van der Waals surface area contributed by atoms with Crippen molar-refractivity contribution in [1.82, 2.24) is 25.1 Å². The first-order valence-electron chi connectivity index (χ1n) is 9.88. The maximum Gasteiger partial charge on any atom is 0.320 e. The Morgan fingerprint density at radius 3 is 2.83 bits per heavy atom. The van der Waals surface area contributed by atoms with Crippen LogP contribution in [0.4, 0.5) is 10.6 Å². The van der Waals surface area contributed by atoms with Crippen LogP contribution in [0.3, 0.4) is 0 Å². The summed E-state index contributed by atoms with van der Waals surface area (Å²) in [5.41, 5.74) is 3.32. The molecule has 0 radical (unpaired) electrons. The molecule has 0 unspecified atom stereocenters. The molecule has 3 N–H and O–H groups in total. The third-order valence-corrected chi connectivity index (χ3v) is 4.99. The summed E-state index contributed by atoms with van der Waals surface area (Å²) in [7, 11) is 0. The summed E-state index contributed by atoms with van der Waals surface area (Å²) in [5.74, 6) is 0.780. The third kappa shape index (κ3) is 4.37. The second-order valence-electron chi connectivity index (χ2n) is 7.22. The van der Waals surface area contributed by atoms with Crippen molar-refractivity contribution in [1.29, 1.82) is 0 Å². The summed E-state index contributed by atoms with van der Waals surface area (Å²) < 4.78 is 1.47. The van der Waals surface area contributed by atoms with Gasteiger partial charge in [0.2, 0.25) is 5.95 Å². The highest BCUT2D eigenvalue weighted by molar-refractivity contribution is 5.88. The molecule has 150 valence electrons. The number of urea groups is 1. The summed E-state index contributed by atoms with van der Waals surface area (Å²) in [5, 5.41) is 10.0. The fourth-order valence-electron chi connectivity index (χ4n) is 3.57. The fraction of sp³-hybridized carbons (Fsp3) is 0.333. The molecule has 0 saturated heterocycles. The van der Waals surface area contributed by atoms with Crippen molar-refractivity contribution in [3.8, 4) is 5.95 Å². The third-order valence-electron chi connectivity index (χ3n) is 4.99. The van der Waals surface area contributed by atoms with Crippen LogP contribution in [0.25, 0.3) is 5.95 Å². The molecule has 8 nitrogen and oxygen atoms in total. The van der Waals surface area contributed by atoms with Crippen LogP contribution in [0.2, 0.25) is 0 Å². The minimum absolute atomic E-state index is 0.129. The number of aromatic nitrogens is 4. The predicted molar refractivity (Wildman–Crippen MR) is 111 cm³/mol. The molecular formula is C21H24N6O2. The molecule has 3 aromatic rings. The number of carbonyl (C=O) groups is 1. The molecule has 1 aromatic carbocycles. The van der Waals surface area contributed by atoms with Gasteiger partial charge in [0.1, 0.15) is 5.82 Å². The van der Waals surface area contributed by atoms with E-state index >= 15 is 0 Å². The molecule has 0 saturated carbocycles. The zero-order chi connectivity index (χ0) is 20.2. The van der Waals surface area contributed by atoms with E-state index < -0.39 is 0 Å². The van der Waals surface area contributed by atoms with Crippen molar-refractivity contribution in [2.45, 2.75) is 39.0 Å². The maximum atomic E-state index is 12.4. The second kappa shape index (κ2) is 8.30. The smallest absolute Gasteiger partial charge is 0.320 e. The number of nitrogens with zero attached hydrogens (tertiary/aromatic N) is 3. The van der Waals surface area contributed by atoms with E-state index in [-0.39, 0.29) is 11.6 Å². The lowest BCUT2D eigenvalue weighted by molar-refractivity contribution is 0.252. The Balaban J connectivity index is 1.48. The Hall–Kier alpha value is -3.42. The van der Waals surface area contributed by atoms with Gasteiger partial charge in [0.05, 0.1) is 11.4 Å². The summed E-state index contributed by atoms with van der Waals surface area (Å²) in [6, 6.07) is 11.4. The van der Waals surface area contributed by atoms with Crippen molar-refractivity contribution in [3.63, 3.8) is 0 Å². The molecule has 29 heavy (non-hydrogen) atoms. The first-order valence-corrected chi connectivity index (χ1v) is 9.88. The molecule has 0 fully saturated rings. The number of nitrogens with one attached hydrogen (secondary N) is 3. The van der Waals surface area contributed by atoms with E-state index in [0.29, 0.717) is 24.0 Å². The number of H-pyrrole nitrogens is 1. The number of anilines is 1. The molecule has 0 atom stereocenters. The molecule has 0 spiro atoms. The molecule has 0 aliphatic heterocycles. The van der Waals surface area contributed by atoms with Crippen LogP contribution >= 0.6 is 0 Å². The van der Waals surface area contributed by atoms with Crippen LogP contribution in [0, 0.1) is 6.92 Å². The molecule has 8 heteroatoms. The van der Waals surface area contributed by atoms with Crippen molar-refractivity contribution in [3.05, 3.63) is 69.3 Å². The number of fused-ring (bicyclic) bond motifs is 1. The van der Waals surface area contributed by atoms with Gasteiger partial charge in [-0.05, 0) is 44.6 Å². The number of benzene rings is 1. The van der Waals surface area contributed by atoms with E-state index in [4.69, 9.17) is 0 Å². The number of aromatic amines is 1. The molecule has 4 rings (SSSR count). The lowest BCUT2D eigenvalue weighted by Gasteiger charge is -2.15. The van der Waals surface area contributed by atoms with Crippen LogP contribution in [0.15, 0.2) is 41.2 Å². The topological polar surface area (TPSA) is 105 Å². The van der Waals surface area contributed by atoms with E-state index in [1.165, 1.54) is 4.68 Å². The normalized spacial score (nSPS) is 13.0. The second-order valence-corrected chi connectivity index (χ2v) is 7.22. The van der Waals surface area contributed by atoms with E-state index in [2.05, 4.69) is 25.7 Å². The standard InChI is InChI=1S/C21H24N6O2/c1-14-13-18(24-21(29)22-12-11-15-7-3-2-4-8-15)27(26-14)20-23-17-10-6-5-9-16(17)19(28)25-20/h2-4,7-8,13H,5-6,9-12H2,1H3,(H2,22,24,29)(H,23,25,28). The number of aryl methyl sites for hydroxylation is 2. The van der Waals surface area contributed by atoms with Crippen LogP contribution in [-0.4, -0.2) is 32.3 Å². The molecule has 0 bridgehead atoms. The van der Waals surface area contributed by atoms with Crippen LogP contribution in [0.1, 0.15) is 35.4 Å². The molecule has 2 amide bonds. The Morgan fingerprint density at radius 1 is 1.21 bits per heavy atom. The van der Waals surface area contributed by atoms with E-state index in [9.17, 15) is 9.59 Å². The number of carbonyl (C=O) groups excluding carboxylic acids is 1. The minimum Gasteiger partial charge on any atom is -0.337 e. The first kappa shape index (κ1) is 18.9. The minimum atomic E-state index is -0.331. The lowest BCUT2D eigenvalue weighted by atomic mass is 9.97. The van der Waals surface area contributed by atoms with Crippen LogP contribution in [0.5, 0.6) is 0 Å². The molecular weight excluding hydrogens is 368 g/mol. The number of hydrogen-bond donors (Lipinski definition) is 3. The number of rotatable bonds is 5. The van der Waals surface area contributed by atoms with Gasteiger partial charge in [-0.3, -0.25) is 15.1 Å². The van der Waals surface area contributed by atoms with Gasteiger partial charge in [0.25, 0.3) is 5.56 Å². The average Bonchev–Trinajstić information content (AvgIpc) is 3.09. The Labute approximate surface area is 168 Å². The van der Waals surface area contributed by atoms with Gasteiger partial charge < -0.3 is 5.32 Å². The highest BCUT2D eigenvalue weighted by Gasteiger charge is 2.18. The Morgan fingerprint density at radius 2 is 2.00 bits per heavy atom. The maximum absolute atomic E-state index is 12.4. The van der Waals surface area contributed by atoms with Crippen molar-refractivity contribution >= 4 is 11.8 Å². The monoisotopic (exact) mass is 392 g/mol. The summed E-state index contributed by atoms with van der Waals surface area (Å²) in [6.07, 6.45) is 4.32. The van der Waals surface area contributed by atoms with Gasteiger partial charge in [-0.15, -0.1) is 0 Å². The number of hydrogen-bond acceptors (Lipinski definition) is 4. The number of amides is 2. The van der Waals surface area contributed by atoms with Crippen LogP contribution in [-0.2, 0) is 19.3 Å². The van der Waals surface area contributed by atoms with E-state index in [1.54, 1.807) is 6.07 Å². The lowest BCUT2D eigenvalue weighted by Crippen LogP contribution is -2.31. The van der Waals surface area contributed by atoms with E-state index in [0.717, 1.165) is 48.9 Å². The van der Waals surface area contributed by atoms with Crippen molar-refractivity contribution in [2.24, 2.45) is 0 Å². The molecule has 2 heterocycles. The van der Waals surface area contributed by atoms with Crippen molar-refractivity contribution in [2.75, 3.05) is 11.9 Å². The van der Waals surface area contributed by atoms with Gasteiger partial charge >= 0.3 is 6.03 Å². The predicted octanol–water partition coefficient (Wildman–Crippen LogP) is 2.51. The molecule has 1 aliphatic carbocycles. The molecule has 1 aliphatic rings. The summed E-state index contributed by atoms with van der Waals surface area (Å²) in [6.45, 7) is 2.34. The Bertz CT molecular complexity index is 1070. The van der Waals surface area contributed by atoms with Gasteiger partial charge in [-0.1, -0.05) is 30.3 Å². The summed E-state index contributed by atoms with van der Waals surface area (Å²) >= 11 is 0. The van der Waals surface area contributed by atoms with Gasteiger partial charge in [0, 0.05) is 18.2 Å². The van der Waals surface area contributed by atoms with E-state index in [1.807, 2.05) is 37.3 Å². The highest BCUT2D eigenvalue weighted by atomic mass is 16.2. The van der Waals surface area contributed by atoms with Crippen molar-refractivity contribution < 1.29 is 4.79 Å². The summed E-state index contributed by atoms with van der Waals surface area (Å²) in [4.78, 5) is 32.2. The molecule has 2 aromatic heterocycles. The van der Waals surface area contributed by atoms with Gasteiger partial charge in [0.15, 0.2) is 0 Å². The van der Waals surface area contributed by atoms with Crippen LogP contribution < -0.4 is 16.2 Å². The van der Waals surface area contributed by atoms with Gasteiger partial charge in [-0.2, -0.15) is 9.78 Å². The zero-order valence-corrected chi connectivity index (χ0v) is 16.4. The fourth-order valence-corrected chi connectivity index (χ4v) is 3.57. The first-order chi connectivity index (χ1) is 14.1. The quantitative estimate of drug-likeness (QED) is 0.620. The largest absolute Gasteiger partial charge is 0.337 e.